The molecule has 1 unspecified atom stereocenters. The van der Waals surface area contributed by atoms with E-state index in [4.69, 9.17) is 16.7 Å². The first-order valence-corrected chi connectivity index (χ1v) is 4.95. The van der Waals surface area contributed by atoms with Crippen molar-refractivity contribution in [3.8, 4) is 0 Å². The molecule has 7 heteroatoms. The molecule has 0 aliphatic heterocycles. The summed E-state index contributed by atoms with van der Waals surface area (Å²) in [5.74, 6) is -1.24. The predicted molar refractivity (Wildman–Crippen MR) is 58.1 cm³/mol. The van der Waals surface area contributed by atoms with Crippen molar-refractivity contribution in [2.24, 2.45) is 0 Å². The molecule has 16 heavy (non-hydrogen) atoms. The smallest absolute Gasteiger partial charge is 0.323 e. The van der Waals surface area contributed by atoms with Crippen molar-refractivity contribution in [3.05, 3.63) is 31.8 Å². The third-order valence-corrected chi connectivity index (χ3v) is 2.64. The minimum Gasteiger partial charge on any atom is -0.480 e. The lowest BCUT2D eigenvalue weighted by Crippen LogP contribution is -2.36. The third-order valence-electron chi connectivity index (χ3n) is 2.32. The number of aromatic nitrogens is 2. The molecule has 0 radical (unpaired) electrons. The number of carboxylic acids is 1. The minimum absolute atomic E-state index is 0.272. The first-order valence-electron chi connectivity index (χ1n) is 4.51. The molecule has 6 nitrogen and oxygen atoms in total. The molecular formula is C9H11ClN2O4. The van der Waals surface area contributed by atoms with Gasteiger partial charge in [0.25, 0.3) is 11.1 Å². The summed E-state index contributed by atoms with van der Waals surface area (Å²) in [4.78, 5) is 33.5. The average Bonchev–Trinajstić information content (AvgIpc) is 2.22. The number of halogens is 1. The van der Waals surface area contributed by atoms with Crippen molar-refractivity contribution in [3.63, 3.8) is 0 Å². The van der Waals surface area contributed by atoms with E-state index in [0.29, 0.717) is 5.56 Å². The third kappa shape index (κ3) is 2.33. The van der Waals surface area contributed by atoms with Gasteiger partial charge in [-0.3, -0.25) is 19.5 Å². The van der Waals surface area contributed by atoms with E-state index in [-0.39, 0.29) is 12.1 Å². The second-order valence-electron chi connectivity index (χ2n) is 3.41. The highest BCUT2D eigenvalue weighted by atomic mass is 35.5. The Hall–Kier alpha value is -1.56. The lowest BCUT2D eigenvalue weighted by Gasteiger charge is -2.09. The number of H-pyrrole nitrogens is 1. The molecule has 1 aromatic heterocycles. The summed E-state index contributed by atoms with van der Waals surface area (Å²) in [7, 11) is 0. The molecule has 1 aromatic rings. The van der Waals surface area contributed by atoms with Gasteiger partial charge in [-0.2, -0.15) is 0 Å². The topological polar surface area (TPSA) is 92.2 Å². The van der Waals surface area contributed by atoms with Crippen molar-refractivity contribution in [1.82, 2.24) is 9.78 Å². The van der Waals surface area contributed by atoms with Crippen LogP contribution >= 0.6 is 11.6 Å². The van der Waals surface area contributed by atoms with Crippen LogP contribution in [-0.4, -0.2) is 26.2 Å². The standard InChI is InChI=1S/C9H11ClN2O4/c1-4-5(2)8(14)12(11-7(4)13)3-6(10)9(15)16/h6H,3H2,1-2H3,(H,11,13)(H,15,16). The van der Waals surface area contributed by atoms with E-state index in [0.717, 1.165) is 4.68 Å². The van der Waals surface area contributed by atoms with Crippen LogP contribution < -0.4 is 11.1 Å². The first kappa shape index (κ1) is 12.5. The Morgan fingerprint density at radius 2 is 2.00 bits per heavy atom. The van der Waals surface area contributed by atoms with Gasteiger partial charge in [-0.25, -0.2) is 4.68 Å². The Balaban J connectivity index is 3.22. The molecule has 0 spiro atoms. The molecule has 1 heterocycles. The van der Waals surface area contributed by atoms with E-state index in [9.17, 15) is 14.4 Å². The first-order chi connectivity index (χ1) is 7.34. The Labute approximate surface area is 95.5 Å². The van der Waals surface area contributed by atoms with Crippen LogP contribution in [0.2, 0.25) is 0 Å². The zero-order valence-electron chi connectivity index (χ0n) is 8.78. The molecule has 0 amide bonds. The lowest BCUT2D eigenvalue weighted by molar-refractivity contribution is -0.136. The number of hydrogen-bond acceptors (Lipinski definition) is 3. The summed E-state index contributed by atoms with van der Waals surface area (Å²) < 4.78 is 0.913. The highest BCUT2D eigenvalue weighted by Gasteiger charge is 2.16. The molecule has 1 rings (SSSR count). The minimum atomic E-state index is -1.25. The number of nitrogens with zero attached hydrogens (tertiary/aromatic N) is 1. The SMILES string of the molecule is Cc1c(C)c(=O)n(CC(Cl)C(=O)O)[nH]c1=O. The van der Waals surface area contributed by atoms with Gasteiger partial charge < -0.3 is 5.11 Å². The highest BCUT2D eigenvalue weighted by Crippen LogP contribution is 1.98. The van der Waals surface area contributed by atoms with Crippen molar-refractivity contribution < 1.29 is 9.90 Å². The molecule has 0 aliphatic carbocycles. The molecule has 0 bridgehead atoms. The van der Waals surface area contributed by atoms with Gasteiger partial charge in [0.05, 0.1) is 6.54 Å². The van der Waals surface area contributed by atoms with Gasteiger partial charge in [0.15, 0.2) is 5.38 Å². The number of carbonyl (C=O) groups is 1. The van der Waals surface area contributed by atoms with E-state index in [1.54, 1.807) is 0 Å². The van der Waals surface area contributed by atoms with Crippen molar-refractivity contribution in [2.75, 3.05) is 0 Å². The summed E-state index contributed by atoms with van der Waals surface area (Å²) >= 11 is 5.49. The Morgan fingerprint density at radius 3 is 2.50 bits per heavy atom. The molecule has 0 fully saturated rings. The average molecular weight is 247 g/mol. The van der Waals surface area contributed by atoms with Crippen LogP contribution in [0.4, 0.5) is 0 Å². The number of carboxylic acid groups (broad SMARTS) is 1. The number of aliphatic carboxylic acids is 1. The molecule has 88 valence electrons. The van der Waals surface area contributed by atoms with E-state index in [1.165, 1.54) is 13.8 Å². The molecular weight excluding hydrogens is 236 g/mol. The Morgan fingerprint density at radius 1 is 1.44 bits per heavy atom. The predicted octanol–water partition coefficient (Wildman–Crippen LogP) is -0.155. The summed E-state index contributed by atoms with van der Waals surface area (Å²) in [6.07, 6.45) is 0. The summed E-state index contributed by atoms with van der Waals surface area (Å²) in [6.45, 7) is 2.76. The Bertz CT molecular complexity index is 531. The van der Waals surface area contributed by atoms with E-state index >= 15 is 0 Å². The van der Waals surface area contributed by atoms with Crippen LogP contribution in [-0.2, 0) is 11.3 Å². The van der Waals surface area contributed by atoms with E-state index in [1.807, 2.05) is 0 Å². The number of hydrogen-bond donors (Lipinski definition) is 2. The van der Waals surface area contributed by atoms with Crippen molar-refractivity contribution in [2.45, 2.75) is 25.8 Å². The highest BCUT2D eigenvalue weighted by molar-refractivity contribution is 6.29. The van der Waals surface area contributed by atoms with E-state index in [2.05, 4.69) is 5.10 Å². The molecule has 0 aromatic carbocycles. The van der Waals surface area contributed by atoms with Crippen LogP contribution in [0.3, 0.4) is 0 Å². The Kier molecular flexibility index (Phi) is 3.54. The van der Waals surface area contributed by atoms with Crippen molar-refractivity contribution in [1.29, 1.82) is 0 Å². The second kappa shape index (κ2) is 4.52. The number of alkyl halides is 1. The number of rotatable bonds is 3. The normalized spacial score (nSPS) is 12.4. The fourth-order valence-corrected chi connectivity index (χ4v) is 1.30. The van der Waals surface area contributed by atoms with Crippen molar-refractivity contribution >= 4 is 17.6 Å². The van der Waals surface area contributed by atoms with Gasteiger partial charge >= 0.3 is 5.97 Å². The van der Waals surface area contributed by atoms with Crippen LogP contribution in [0.25, 0.3) is 0 Å². The van der Waals surface area contributed by atoms with Gasteiger partial charge in [0, 0.05) is 11.1 Å². The quantitative estimate of drug-likeness (QED) is 0.726. The number of aromatic amines is 1. The maximum absolute atomic E-state index is 11.6. The van der Waals surface area contributed by atoms with Gasteiger partial charge in [-0.05, 0) is 13.8 Å². The monoisotopic (exact) mass is 246 g/mol. The van der Waals surface area contributed by atoms with Gasteiger partial charge in [0.1, 0.15) is 0 Å². The molecule has 2 N–H and O–H groups in total. The summed E-state index contributed by atoms with van der Waals surface area (Å²) in [5, 5.41) is 9.61. The summed E-state index contributed by atoms with van der Waals surface area (Å²) in [5.41, 5.74) is -0.254. The van der Waals surface area contributed by atoms with Crippen LogP contribution in [0.1, 0.15) is 11.1 Å². The maximum Gasteiger partial charge on any atom is 0.323 e. The molecule has 0 aliphatic rings. The molecule has 0 saturated carbocycles. The second-order valence-corrected chi connectivity index (χ2v) is 3.94. The van der Waals surface area contributed by atoms with Gasteiger partial charge in [-0.15, -0.1) is 11.6 Å². The van der Waals surface area contributed by atoms with E-state index < -0.39 is 22.5 Å². The zero-order valence-corrected chi connectivity index (χ0v) is 9.54. The molecule has 1 atom stereocenters. The maximum atomic E-state index is 11.6. The fraction of sp³-hybridized carbons (Fsp3) is 0.444. The van der Waals surface area contributed by atoms with Gasteiger partial charge in [-0.1, -0.05) is 0 Å². The van der Waals surface area contributed by atoms with Crippen LogP contribution in [0.15, 0.2) is 9.59 Å². The number of nitrogens with one attached hydrogen (secondary N) is 1. The van der Waals surface area contributed by atoms with Crippen LogP contribution in [0, 0.1) is 13.8 Å². The van der Waals surface area contributed by atoms with Crippen LogP contribution in [0.5, 0.6) is 0 Å². The van der Waals surface area contributed by atoms with Gasteiger partial charge in [0.2, 0.25) is 0 Å². The largest absolute Gasteiger partial charge is 0.480 e. The fourth-order valence-electron chi connectivity index (χ4n) is 1.16. The zero-order chi connectivity index (χ0) is 12.5. The lowest BCUT2D eigenvalue weighted by atomic mass is 10.2. The molecule has 0 saturated heterocycles. The summed E-state index contributed by atoms with van der Waals surface area (Å²) in [6, 6.07) is 0.